The maximum Gasteiger partial charge on any atom is 0.321 e. The van der Waals surface area contributed by atoms with Crippen LogP contribution in [0.4, 0.5) is 0 Å². The number of aliphatic carboxylic acids is 1. The van der Waals surface area contributed by atoms with Gasteiger partial charge in [-0.05, 0) is 0 Å². The van der Waals surface area contributed by atoms with Gasteiger partial charge in [-0.3, -0.25) is 9.59 Å². The number of carboxylic acid groups (broad SMARTS) is 1. The lowest BCUT2D eigenvalue weighted by Gasteiger charge is -1.92. The number of hydrogen-bond acceptors (Lipinski definition) is 3. The third kappa shape index (κ3) is 0.883. The highest BCUT2D eigenvalue weighted by molar-refractivity contribution is 6.12. The molecule has 0 aromatic heterocycles. The molecule has 1 unspecified atom stereocenters. The fraction of sp³-hybridized carbons (Fsp3) is 0.250. The van der Waals surface area contributed by atoms with Gasteiger partial charge in [0.1, 0.15) is 0 Å². The molecule has 0 aromatic rings. The predicted molar refractivity (Wildman–Crippen MR) is 27.8 cm³/mol. The molecule has 1 atom stereocenters. The summed E-state index contributed by atoms with van der Waals surface area (Å²) in [7, 11) is 0. The zero-order valence-electron chi connectivity index (χ0n) is 4.37. The monoisotopic (exact) mass is 128 g/mol. The highest BCUT2D eigenvalue weighted by Gasteiger charge is 2.27. The summed E-state index contributed by atoms with van der Waals surface area (Å²) in [5, 5.41) is 11.5. The second kappa shape index (κ2) is 1.85. The predicted octanol–water partition coefficient (Wildman–Crippen LogP) is -1.20. The summed E-state index contributed by atoms with van der Waals surface area (Å²) < 4.78 is 0. The highest BCUT2D eigenvalue weighted by atomic mass is 16.4. The van der Waals surface area contributed by atoms with Crippen molar-refractivity contribution < 1.29 is 14.7 Å². The van der Waals surface area contributed by atoms with Crippen LogP contribution in [0.3, 0.4) is 0 Å². The molecule has 0 radical (unpaired) electrons. The lowest BCUT2D eigenvalue weighted by Crippen LogP contribution is -2.26. The third-order valence-electron chi connectivity index (χ3n) is 0.947. The van der Waals surface area contributed by atoms with E-state index in [1.54, 1.807) is 0 Å². The first-order valence-electron chi connectivity index (χ1n) is 2.27. The second-order valence-electron chi connectivity index (χ2n) is 1.57. The van der Waals surface area contributed by atoms with Crippen molar-refractivity contribution in [2.45, 2.75) is 0 Å². The van der Waals surface area contributed by atoms with Crippen LogP contribution in [-0.4, -0.2) is 23.2 Å². The number of rotatable bonds is 1. The van der Waals surface area contributed by atoms with E-state index in [0.29, 0.717) is 0 Å². The number of hydrazone groups is 1. The number of hydrogen-bond donors (Lipinski definition) is 2. The van der Waals surface area contributed by atoms with Crippen molar-refractivity contribution in [1.29, 1.82) is 0 Å². The molecule has 0 aliphatic carbocycles. The summed E-state index contributed by atoms with van der Waals surface area (Å²) in [6.07, 6.45) is 1.06. The third-order valence-corrected chi connectivity index (χ3v) is 0.947. The van der Waals surface area contributed by atoms with E-state index < -0.39 is 17.8 Å². The van der Waals surface area contributed by atoms with Gasteiger partial charge in [0.25, 0.3) is 5.91 Å². The molecule has 0 saturated heterocycles. The van der Waals surface area contributed by atoms with Gasteiger partial charge in [-0.1, -0.05) is 0 Å². The number of carbonyl (C=O) groups excluding carboxylic acids is 1. The van der Waals surface area contributed by atoms with Crippen LogP contribution < -0.4 is 5.43 Å². The Morgan fingerprint density at radius 2 is 2.56 bits per heavy atom. The van der Waals surface area contributed by atoms with Gasteiger partial charge in [0.2, 0.25) is 0 Å². The molecule has 0 fully saturated rings. The molecule has 1 aliphatic heterocycles. The fourth-order valence-electron chi connectivity index (χ4n) is 0.489. The van der Waals surface area contributed by atoms with Crippen molar-refractivity contribution >= 4 is 18.1 Å². The van der Waals surface area contributed by atoms with Gasteiger partial charge in [0, 0.05) is 6.21 Å². The molecule has 1 amide bonds. The maximum absolute atomic E-state index is 10.4. The van der Waals surface area contributed by atoms with Gasteiger partial charge in [-0.25, -0.2) is 5.43 Å². The van der Waals surface area contributed by atoms with Crippen LogP contribution in [0.1, 0.15) is 0 Å². The van der Waals surface area contributed by atoms with Crippen molar-refractivity contribution in [3.8, 4) is 0 Å². The fourth-order valence-corrected chi connectivity index (χ4v) is 0.489. The van der Waals surface area contributed by atoms with Gasteiger partial charge in [-0.2, -0.15) is 5.10 Å². The van der Waals surface area contributed by atoms with Crippen LogP contribution >= 0.6 is 0 Å². The molecule has 1 heterocycles. The molecule has 1 rings (SSSR count). The zero-order valence-corrected chi connectivity index (χ0v) is 4.37. The van der Waals surface area contributed by atoms with Crippen LogP contribution in [0.15, 0.2) is 5.10 Å². The van der Waals surface area contributed by atoms with E-state index in [-0.39, 0.29) is 0 Å². The lowest BCUT2D eigenvalue weighted by atomic mass is 10.2. The number of amides is 1. The quantitative estimate of drug-likeness (QED) is 0.435. The average Bonchev–Trinajstić information content (AvgIpc) is 2.13. The molecular formula is C4H4N2O3. The smallest absolute Gasteiger partial charge is 0.321 e. The minimum absolute atomic E-state index is 0.581. The lowest BCUT2D eigenvalue weighted by molar-refractivity contribution is -0.143. The topological polar surface area (TPSA) is 78.8 Å². The minimum atomic E-state index is -1.17. The van der Waals surface area contributed by atoms with E-state index in [1.165, 1.54) is 0 Å². The van der Waals surface area contributed by atoms with Gasteiger partial charge < -0.3 is 5.11 Å². The number of nitrogens with zero attached hydrogens (tertiary/aromatic N) is 1. The van der Waals surface area contributed by atoms with E-state index >= 15 is 0 Å². The normalized spacial score (nSPS) is 24.0. The first-order valence-corrected chi connectivity index (χ1v) is 2.27. The Morgan fingerprint density at radius 3 is 2.78 bits per heavy atom. The molecule has 9 heavy (non-hydrogen) atoms. The first-order chi connectivity index (χ1) is 4.22. The van der Waals surface area contributed by atoms with Crippen LogP contribution in [0.2, 0.25) is 0 Å². The molecule has 48 valence electrons. The molecule has 1 aliphatic rings. The number of nitrogens with one attached hydrogen (secondary N) is 1. The Hall–Kier alpha value is -1.39. The highest BCUT2D eigenvalue weighted by Crippen LogP contribution is 1.97. The molecule has 0 bridgehead atoms. The van der Waals surface area contributed by atoms with E-state index in [9.17, 15) is 9.59 Å². The molecule has 5 nitrogen and oxygen atoms in total. The minimum Gasteiger partial charge on any atom is -0.480 e. The van der Waals surface area contributed by atoms with Crippen LogP contribution in [-0.2, 0) is 9.59 Å². The van der Waals surface area contributed by atoms with Crippen LogP contribution in [0, 0.1) is 5.92 Å². The van der Waals surface area contributed by atoms with Crippen molar-refractivity contribution in [2.75, 3.05) is 0 Å². The van der Waals surface area contributed by atoms with Crippen molar-refractivity contribution in [2.24, 2.45) is 11.0 Å². The summed E-state index contributed by atoms with van der Waals surface area (Å²) in [5.74, 6) is -2.85. The second-order valence-corrected chi connectivity index (χ2v) is 1.57. The standard InChI is InChI=1S/C4H4N2O3/c7-3-2(4(8)9)1-5-6-3/h1-2H,(H,6,7)(H,8,9). The van der Waals surface area contributed by atoms with Gasteiger partial charge in [-0.15, -0.1) is 0 Å². The number of carboxylic acids is 1. The first kappa shape index (κ1) is 5.74. The summed E-state index contributed by atoms with van der Waals surface area (Å²) in [4.78, 5) is 20.5. The van der Waals surface area contributed by atoms with E-state index in [2.05, 4.69) is 5.10 Å². The number of carbonyl (C=O) groups is 2. The summed E-state index contributed by atoms with van der Waals surface area (Å²) >= 11 is 0. The van der Waals surface area contributed by atoms with Gasteiger partial charge in [0.05, 0.1) is 0 Å². The molecule has 0 spiro atoms. The SMILES string of the molecule is O=C(O)C1C=NNC1=O. The van der Waals surface area contributed by atoms with Crippen LogP contribution in [0.25, 0.3) is 0 Å². The molecule has 0 aromatic carbocycles. The Labute approximate surface area is 50.4 Å². The van der Waals surface area contributed by atoms with E-state index in [4.69, 9.17) is 5.11 Å². The molecule has 5 heteroatoms. The Balaban J connectivity index is 2.71. The van der Waals surface area contributed by atoms with Gasteiger partial charge >= 0.3 is 5.97 Å². The summed E-state index contributed by atoms with van der Waals surface area (Å²) in [5.41, 5.74) is 2.00. The van der Waals surface area contributed by atoms with Gasteiger partial charge in [0.15, 0.2) is 5.92 Å². The molecule has 0 saturated carbocycles. The van der Waals surface area contributed by atoms with Crippen molar-refractivity contribution in [3.63, 3.8) is 0 Å². The van der Waals surface area contributed by atoms with Crippen molar-refractivity contribution in [3.05, 3.63) is 0 Å². The zero-order chi connectivity index (χ0) is 6.85. The van der Waals surface area contributed by atoms with Crippen molar-refractivity contribution in [1.82, 2.24) is 5.43 Å². The Bertz CT molecular complexity index is 186. The molecular weight excluding hydrogens is 124 g/mol. The molecule has 2 N–H and O–H groups in total. The summed E-state index contributed by atoms with van der Waals surface area (Å²) in [6, 6.07) is 0. The summed E-state index contributed by atoms with van der Waals surface area (Å²) in [6.45, 7) is 0. The largest absolute Gasteiger partial charge is 0.480 e. The maximum atomic E-state index is 10.4. The Kier molecular flexibility index (Phi) is 1.18. The average molecular weight is 128 g/mol. The van der Waals surface area contributed by atoms with E-state index in [1.807, 2.05) is 5.43 Å². The van der Waals surface area contributed by atoms with Crippen LogP contribution in [0.5, 0.6) is 0 Å². The van der Waals surface area contributed by atoms with E-state index in [0.717, 1.165) is 6.21 Å². The Morgan fingerprint density at radius 1 is 1.89 bits per heavy atom.